The van der Waals surface area contributed by atoms with E-state index in [0.717, 1.165) is 5.56 Å². The average molecular weight is 359 g/mol. The maximum Gasteiger partial charge on any atom is 0.220 e. The molecule has 0 aliphatic rings. The molecule has 2 rings (SSSR count). The van der Waals surface area contributed by atoms with Gasteiger partial charge in [0.25, 0.3) is 0 Å². The highest BCUT2D eigenvalue weighted by molar-refractivity contribution is 5.76. The van der Waals surface area contributed by atoms with Crippen molar-refractivity contribution < 1.29 is 24.9 Å². The highest BCUT2D eigenvalue weighted by Gasteiger charge is 2.12. The molecule has 0 spiro atoms. The lowest BCUT2D eigenvalue weighted by atomic mass is 9.97. The zero-order chi connectivity index (χ0) is 19.1. The first-order chi connectivity index (χ1) is 12.4. The van der Waals surface area contributed by atoms with E-state index < -0.39 is 0 Å². The van der Waals surface area contributed by atoms with Gasteiger partial charge in [0.2, 0.25) is 5.91 Å². The lowest BCUT2D eigenvalue weighted by molar-refractivity contribution is -0.121. The van der Waals surface area contributed by atoms with E-state index in [2.05, 4.69) is 5.32 Å². The van der Waals surface area contributed by atoms with E-state index in [1.807, 2.05) is 6.92 Å². The van der Waals surface area contributed by atoms with Crippen LogP contribution in [-0.4, -0.2) is 34.9 Å². The molecule has 4 N–H and O–H groups in total. The molecule has 0 radical (unpaired) electrons. The Kier molecular flexibility index (Phi) is 6.72. The number of aromatic hydroxyl groups is 3. The van der Waals surface area contributed by atoms with E-state index in [-0.39, 0.29) is 29.1 Å². The standard InChI is InChI=1S/C20H25NO5/c1-13(9-15-4-5-16(22)12-18(15)24)10-20(25)21-8-7-14-3-6-17(23)19(11-14)26-2/h3-6,11-13,22-24H,7-10H2,1-2H3,(H,21,25). The Bertz CT molecular complexity index is 760. The smallest absolute Gasteiger partial charge is 0.220 e. The van der Waals surface area contributed by atoms with Crippen LogP contribution in [0.4, 0.5) is 0 Å². The van der Waals surface area contributed by atoms with Crippen LogP contribution >= 0.6 is 0 Å². The Morgan fingerprint density at radius 3 is 2.58 bits per heavy atom. The Morgan fingerprint density at radius 1 is 1.12 bits per heavy atom. The fourth-order valence-electron chi connectivity index (χ4n) is 2.78. The number of phenols is 3. The molecule has 6 heteroatoms. The lowest BCUT2D eigenvalue weighted by Gasteiger charge is -2.13. The van der Waals surface area contributed by atoms with Crippen LogP contribution in [0.2, 0.25) is 0 Å². The van der Waals surface area contributed by atoms with E-state index in [1.54, 1.807) is 24.3 Å². The van der Waals surface area contributed by atoms with Crippen molar-refractivity contribution in [2.75, 3.05) is 13.7 Å². The van der Waals surface area contributed by atoms with Crippen LogP contribution < -0.4 is 10.1 Å². The van der Waals surface area contributed by atoms with Crippen molar-refractivity contribution in [2.24, 2.45) is 5.92 Å². The number of amides is 1. The maximum absolute atomic E-state index is 12.1. The number of rotatable bonds is 8. The van der Waals surface area contributed by atoms with Crippen molar-refractivity contribution in [3.8, 4) is 23.0 Å². The van der Waals surface area contributed by atoms with Gasteiger partial charge in [-0.05, 0) is 48.1 Å². The van der Waals surface area contributed by atoms with Crippen molar-refractivity contribution >= 4 is 5.91 Å². The molecule has 6 nitrogen and oxygen atoms in total. The number of nitrogens with one attached hydrogen (secondary N) is 1. The minimum absolute atomic E-state index is 0.0162. The second-order valence-corrected chi connectivity index (χ2v) is 6.43. The first kappa shape index (κ1) is 19.4. The molecule has 0 bridgehead atoms. The first-order valence-corrected chi connectivity index (χ1v) is 8.52. The molecule has 1 atom stereocenters. The highest BCUT2D eigenvalue weighted by Crippen LogP contribution is 2.27. The van der Waals surface area contributed by atoms with Crippen molar-refractivity contribution in [3.05, 3.63) is 47.5 Å². The summed E-state index contributed by atoms with van der Waals surface area (Å²) in [5, 5.41) is 31.6. The zero-order valence-corrected chi connectivity index (χ0v) is 15.0. The van der Waals surface area contributed by atoms with Gasteiger partial charge in [0, 0.05) is 19.0 Å². The molecule has 0 saturated carbocycles. The molecular formula is C20H25NO5. The summed E-state index contributed by atoms with van der Waals surface area (Å²) in [5.41, 5.74) is 1.67. The number of hydrogen-bond acceptors (Lipinski definition) is 5. The molecule has 0 aromatic heterocycles. The summed E-state index contributed by atoms with van der Waals surface area (Å²) in [6.45, 7) is 2.43. The summed E-state index contributed by atoms with van der Waals surface area (Å²) in [4.78, 5) is 12.1. The predicted octanol–water partition coefficient (Wildman–Crippen LogP) is 2.74. The topological polar surface area (TPSA) is 99.0 Å². The van der Waals surface area contributed by atoms with Crippen molar-refractivity contribution in [2.45, 2.75) is 26.2 Å². The number of carbonyl (C=O) groups excluding carboxylic acids is 1. The van der Waals surface area contributed by atoms with Gasteiger partial charge in [-0.1, -0.05) is 19.1 Å². The van der Waals surface area contributed by atoms with Gasteiger partial charge in [0.05, 0.1) is 7.11 Å². The van der Waals surface area contributed by atoms with Gasteiger partial charge in [-0.2, -0.15) is 0 Å². The number of hydrogen-bond donors (Lipinski definition) is 4. The third kappa shape index (κ3) is 5.58. The quantitative estimate of drug-likeness (QED) is 0.581. The number of carbonyl (C=O) groups is 1. The Morgan fingerprint density at radius 2 is 1.88 bits per heavy atom. The van der Waals surface area contributed by atoms with E-state index in [0.29, 0.717) is 37.1 Å². The number of phenolic OH excluding ortho intramolecular Hbond substituents is 3. The molecule has 140 valence electrons. The Hall–Kier alpha value is -2.89. The van der Waals surface area contributed by atoms with Crippen molar-refractivity contribution in [3.63, 3.8) is 0 Å². The van der Waals surface area contributed by atoms with Crippen LogP contribution in [0, 0.1) is 5.92 Å². The molecule has 0 aliphatic heterocycles. The molecule has 2 aromatic carbocycles. The molecule has 0 saturated heterocycles. The van der Waals surface area contributed by atoms with Gasteiger partial charge in [0.1, 0.15) is 11.5 Å². The van der Waals surface area contributed by atoms with Crippen LogP contribution in [-0.2, 0) is 17.6 Å². The predicted molar refractivity (Wildman–Crippen MR) is 98.6 cm³/mol. The molecule has 0 heterocycles. The fourth-order valence-corrected chi connectivity index (χ4v) is 2.78. The molecule has 2 aromatic rings. The molecule has 26 heavy (non-hydrogen) atoms. The SMILES string of the molecule is COc1cc(CCNC(=O)CC(C)Cc2ccc(O)cc2O)ccc1O. The second kappa shape index (κ2) is 8.99. The van der Waals surface area contributed by atoms with Crippen LogP contribution in [0.5, 0.6) is 23.0 Å². The Labute approximate surface area is 153 Å². The highest BCUT2D eigenvalue weighted by atomic mass is 16.5. The number of methoxy groups -OCH3 is 1. The van der Waals surface area contributed by atoms with Gasteiger partial charge in [-0.3, -0.25) is 4.79 Å². The molecule has 1 amide bonds. The monoisotopic (exact) mass is 359 g/mol. The van der Waals surface area contributed by atoms with E-state index in [4.69, 9.17) is 4.74 Å². The minimum atomic E-state index is -0.0542. The van der Waals surface area contributed by atoms with Crippen LogP contribution in [0.3, 0.4) is 0 Å². The van der Waals surface area contributed by atoms with Crippen molar-refractivity contribution in [1.29, 1.82) is 0 Å². The number of benzene rings is 2. The van der Waals surface area contributed by atoms with Crippen LogP contribution in [0.15, 0.2) is 36.4 Å². The normalized spacial score (nSPS) is 11.8. The van der Waals surface area contributed by atoms with Gasteiger partial charge in [-0.25, -0.2) is 0 Å². The molecule has 0 fully saturated rings. The van der Waals surface area contributed by atoms with E-state index in [9.17, 15) is 20.1 Å². The third-order valence-corrected chi connectivity index (χ3v) is 4.15. The van der Waals surface area contributed by atoms with Crippen molar-refractivity contribution in [1.82, 2.24) is 5.32 Å². The van der Waals surface area contributed by atoms with E-state index >= 15 is 0 Å². The second-order valence-electron chi connectivity index (χ2n) is 6.43. The lowest BCUT2D eigenvalue weighted by Crippen LogP contribution is -2.27. The van der Waals surface area contributed by atoms with E-state index in [1.165, 1.54) is 19.2 Å². The largest absolute Gasteiger partial charge is 0.508 e. The zero-order valence-electron chi connectivity index (χ0n) is 15.0. The summed E-state index contributed by atoms with van der Waals surface area (Å²) in [6, 6.07) is 9.60. The molecule has 1 unspecified atom stereocenters. The summed E-state index contributed by atoms with van der Waals surface area (Å²) in [7, 11) is 1.49. The van der Waals surface area contributed by atoms with Crippen LogP contribution in [0.1, 0.15) is 24.5 Å². The summed E-state index contributed by atoms with van der Waals surface area (Å²) >= 11 is 0. The minimum Gasteiger partial charge on any atom is -0.508 e. The van der Waals surface area contributed by atoms with Gasteiger partial charge < -0.3 is 25.4 Å². The third-order valence-electron chi connectivity index (χ3n) is 4.15. The van der Waals surface area contributed by atoms with Gasteiger partial charge in [-0.15, -0.1) is 0 Å². The maximum atomic E-state index is 12.1. The molecule has 0 aliphatic carbocycles. The molecular weight excluding hydrogens is 334 g/mol. The first-order valence-electron chi connectivity index (χ1n) is 8.52. The van der Waals surface area contributed by atoms with Gasteiger partial charge in [0.15, 0.2) is 11.5 Å². The van der Waals surface area contributed by atoms with Gasteiger partial charge >= 0.3 is 0 Å². The summed E-state index contributed by atoms with van der Waals surface area (Å²) in [6.07, 6.45) is 1.53. The Balaban J connectivity index is 1.77. The fraction of sp³-hybridized carbons (Fsp3) is 0.350. The summed E-state index contributed by atoms with van der Waals surface area (Å²) in [5.74, 6) is 0.560. The average Bonchev–Trinajstić information content (AvgIpc) is 2.58. The summed E-state index contributed by atoms with van der Waals surface area (Å²) < 4.78 is 5.07. The van der Waals surface area contributed by atoms with Crippen LogP contribution in [0.25, 0.3) is 0 Å². The number of ether oxygens (including phenoxy) is 1.